The van der Waals surface area contributed by atoms with Crippen LogP contribution in [0.25, 0.3) is 5.65 Å². The van der Waals surface area contributed by atoms with Gasteiger partial charge in [-0.3, -0.25) is 4.79 Å². The maximum atomic E-state index is 12.6. The summed E-state index contributed by atoms with van der Waals surface area (Å²) in [5.41, 5.74) is 4.37. The minimum absolute atomic E-state index is 0.0467. The van der Waals surface area contributed by atoms with E-state index in [0.717, 1.165) is 17.0 Å². The summed E-state index contributed by atoms with van der Waals surface area (Å²) >= 11 is 0. The first-order chi connectivity index (χ1) is 10.6. The van der Waals surface area contributed by atoms with Gasteiger partial charge in [0, 0.05) is 17.6 Å². The Kier molecular flexibility index (Phi) is 3.67. The van der Waals surface area contributed by atoms with Gasteiger partial charge in [0.25, 0.3) is 5.91 Å². The van der Waals surface area contributed by atoms with Gasteiger partial charge in [-0.05, 0) is 38.5 Å². The summed E-state index contributed by atoms with van der Waals surface area (Å²) in [6, 6.07) is 13.7. The van der Waals surface area contributed by atoms with E-state index in [1.807, 2.05) is 73.8 Å². The van der Waals surface area contributed by atoms with Gasteiger partial charge in [0.1, 0.15) is 5.65 Å². The predicted molar refractivity (Wildman–Crippen MR) is 87.0 cm³/mol. The topological polar surface area (TPSA) is 46.4 Å². The zero-order chi connectivity index (χ0) is 15.7. The van der Waals surface area contributed by atoms with Gasteiger partial charge < -0.3 is 9.72 Å². The highest BCUT2D eigenvalue weighted by atomic mass is 16.1. The molecule has 1 N–H and O–H groups in total. The molecule has 0 aliphatic rings. The number of aryl methyl sites for hydroxylation is 2. The van der Waals surface area contributed by atoms with Crippen LogP contribution < -0.4 is 5.32 Å². The van der Waals surface area contributed by atoms with E-state index >= 15 is 0 Å². The summed E-state index contributed by atoms with van der Waals surface area (Å²) in [6.07, 6.45) is 1.89. The molecule has 0 saturated carbocycles. The van der Waals surface area contributed by atoms with Crippen LogP contribution in [-0.4, -0.2) is 15.3 Å². The molecule has 0 aliphatic carbocycles. The number of fused-ring (bicyclic) bond motifs is 1. The third-order valence-corrected chi connectivity index (χ3v) is 3.83. The Morgan fingerprint density at radius 3 is 2.64 bits per heavy atom. The van der Waals surface area contributed by atoms with E-state index in [0.29, 0.717) is 11.2 Å². The van der Waals surface area contributed by atoms with Gasteiger partial charge in [-0.2, -0.15) is 0 Å². The number of nitrogens with one attached hydrogen (secondary N) is 1. The van der Waals surface area contributed by atoms with Crippen molar-refractivity contribution in [2.24, 2.45) is 0 Å². The van der Waals surface area contributed by atoms with Gasteiger partial charge in [-0.25, -0.2) is 4.98 Å². The highest BCUT2D eigenvalue weighted by Crippen LogP contribution is 2.17. The van der Waals surface area contributed by atoms with Gasteiger partial charge in [-0.1, -0.05) is 30.3 Å². The molecule has 22 heavy (non-hydrogen) atoms. The molecule has 0 aliphatic heterocycles. The average molecular weight is 293 g/mol. The first-order valence-electron chi connectivity index (χ1n) is 7.37. The number of hydrogen-bond acceptors (Lipinski definition) is 2. The van der Waals surface area contributed by atoms with Crippen LogP contribution in [0.15, 0.2) is 48.7 Å². The molecule has 2 aromatic heterocycles. The molecule has 1 atom stereocenters. The third kappa shape index (κ3) is 2.60. The number of rotatable bonds is 3. The van der Waals surface area contributed by atoms with Crippen LogP contribution in [-0.2, 0) is 0 Å². The second-order valence-electron chi connectivity index (χ2n) is 5.57. The van der Waals surface area contributed by atoms with Gasteiger partial charge in [0.15, 0.2) is 0 Å². The molecular formula is C18H19N3O. The predicted octanol–water partition coefficient (Wildman–Crippen LogP) is 3.44. The van der Waals surface area contributed by atoms with Crippen LogP contribution in [0.2, 0.25) is 0 Å². The van der Waals surface area contributed by atoms with Gasteiger partial charge in [0.05, 0.1) is 11.6 Å². The van der Waals surface area contributed by atoms with Gasteiger partial charge in [-0.15, -0.1) is 0 Å². The molecule has 3 aromatic rings. The van der Waals surface area contributed by atoms with Crippen molar-refractivity contribution < 1.29 is 4.79 Å². The Hall–Kier alpha value is -2.62. The van der Waals surface area contributed by atoms with Crippen molar-refractivity contribution in [1.82, 2.24) is 14.7 Å². The minimum Gasteiger partial charge on any atom is -0.345 e. The summed E-state index contributed by atoms with van der Waals surface area (Å²) in [7, 11) is 0. The normalized spacial score (nSPS) is 12.3. The summed E-state index contributed by atoms with van der Waals surface area (Å²) in [5, 5.41) is 3.04. The Morgan fingerprint density at radius 1 is 1.18 bits per heavy atom. The van der Waals surface area contributed by atoms with Crippen molar-refractivity contribution in [2.75, 3.05) is 0 Å². The van der Waals surface area contributed by atoms with Crippen molar-refractivity contribution >= 4 is 11.6 Å². The van der Waals surface area contributed by atoms with Gasteiger partial charge in [0.2, 0.25) is 0 Å². The molecule has 0 fully saturated rings. The molecule has 0 bridgehead atoms. The molecule has 0 unspecified atom stereocenters. The lowest BCUT2D eigenvalue weighted by atomic mass is 10.1. The van der Waals surface area contributed by atoms with E-state index in [4.69, 9.17) is 0 Å². The molecule has 112 valence electrons. The van der Waals surface area contributed by atoms with Crippen molar-refractivity contribution in [2.45, 2.75) is 26.8 Å². The standard InChI is InChI=1S/C18H19N3O/c1-12-11-13(2)21-10-9-16(17(21)19-12)18(22)20-14(3)15-7-5-4-6-8-15/h4-11,14H,1-3H3,(H,20,22)/t14-/m1/s1. The lowest BCUT2D eigenvalue weighted by Gasteiger charge is -2.14. The summed E-state index contributed by atoms with van der Waals surface area (Å²) < 4.78 is 1.94. The van der Waals surface area contributed by atoms with Crippen LogP contribution in [0.4, 0.5) is 0 Å². The van der Waals surface area contributed by atoms with E-state index in [1.54, 1.807) is 0 Å². The molecule has 4 nitrogen and oxygen atoms in total. The number of aromatic nitrogens is 2. The molecule has 0 radical (unpaired) electrons. The zero-order valence-electron chi connectivity index (χ0n) is 13.0. The number of benzene rings is 1. The molecule has 0 saturated heterocycles. The van der Waals surface area contributed by atoms with Crippen molar-refractivity contribution in [3.63, 3.8) is 0 Å². The number of carbonyl (C=O) groups excluding carboxylic acids is 1. The summed E-state index contributed by atoms with van der Waals surface area (Å²) in [5.74, 6) is -0.101. The summed E-state index contributed by atoms with van der Waals surface area (Å²) in [6.45, 7) is 5.93. The average Bonchev–Trinajstić information content (AvgIpc) is 2.92. The van der Waals surface area contributed by atoms with E-state index in [9.17, 15) is 4.79 Å². The maximum absolute atomic E-state index is 12.6. The van der Waals surface area contributed by atoms with Crippen molar-refractivity contribution in [3.8, 4) is 0 Å². The van der Waals surface area contributed by atoms with E-state index < -0.39 is 0 Å². The second kappa shape index (κ2) is 5.64. The second-order valence-corrected chi connectivity index (χ2v) is 5.57. The Labute approximate surface area is 129 Å². The largest absolute Gasteiger partial charge is 0.345 e. The van der Waals surface area contributed by atoms with Crippen molar-refractivity contribution in [1.29, 1.82) is 0 Å². The van der Waals surface area contributed by atoms with Gasteiger partial charge >= 0.3 is 0 Å². The Balaban J connectivity index is 1.90. The Morgan fingerprint density at radius 2 is 1.91 bits per heavy atom. The fraction of sp³-hybridized carbons (Fsp3) is 0.222. The zero-order valence-corrected chi connectivity index (χ0v) is 13.0. The molecule has 0 spiro atoms. The highest BCUT2D eigenvalue weighted by molar-refractivity contribution is 6.00. The molecule has 4 heteroatoms. The first-order valence-corrected chi connectivity index (χ1v) is 7.37. The smallest absolute Gasteiger partial charge is 0.255 e. The van der Waals surface area contributed by atoms with Crippen LogP contribution >= 0.6 is 0 Å². The van der Waals surface area contributed by atoms with Crippen LogP contribution in [0.1, 0.15) is 40.3 Å². The van der Waals surface area contributed by atoms with E-state index in [-0.39, 0.29) is 11.9 Å². The van der Waals surface area contributed by atoms with E-state index in [1.165, 1.54) is 0 Å². The lowest BCUT2D eigenvalue weighted by Crippen LogP contribution is -2.26. The fourth-order valence-electron chi connectivity index (χ4n) is 2.67. The summed E-state index contributed by atoms with van der Waals surface area (Å²) in [4.78, 5) is 17.1. The number of nitrogens with zero attached hydrogens (tertiary/aromatic N) is 2. The Bertz CT molecular complexity index is 821. The molecule has 1 amide bonds. The molecule has 3 rings (SSSR count). The number of amides is 1. The minimum atomic E-state index is -0.101. The quantitative estimate of drug-likeness (QED) is 0.804. The van der Waals surface area contributed by atoms with Crippen LogP contribution in [0.3, 0.4) is 0 Å². The number of hydrogen-bond donors (Lipinski definition) is 1. The molecule has 1 aromatic carbocycles. The molecular weight excluding hydrogens is 274 g/mol. The van der Waals surface area contributed by atoms with Crippen LogP contribution in [0, 0.1) is 13.8 Å². The maximum Gasteiger partial charge on any atom is 0.255 e. The van der Waals surface area contributed by atoms with E-state index in [2.05, 4.69) is 10.3 Å². The monoisotopic (exact) mass is 293 g/mol. The first kappa shape index (κ1) is 14.3. The lowest BCUT2D eigenvalue weighted by molar-refractivity contribution is 0.0941. The highest BCUT2D eigenvalue weighted by Gasteiger charge is 2.16. The molecule has 2 heterocycles. The van der Waals surface area contributed by atoms with Crippen molar-refractivity contribution in [3.05, 3.63) is 71.2 Å². The fourth-order valence-corrected chi connectivity index (χ4v) is 2.67. The third-order valence-electron chi connectivity index (χ3n) is 3.83. The SMILES string of the molecule is Cc1cc(C)n2ccc(C(=O)N[C@H](C)c3ccccc3)c2n1. The van der Waals surface area contributed by atoms with Crippen LogP contribution in [0.5, 0.6) is 0 Å². The number of carbonyl (C=O) groups is 1.